The molecular weight excluding hydrogens is 296 g/mol. The highest BCUT2D eigenvalue weighted by Gasteiger charge is 2.41. The lowest BCUT2D eigenvalue weighted by atomic mass is 9.96. The summed E-state index contributed by atoms with van der Waals surface area (Å²) in [5.74, 6) is 1.78. The zero-order valence-corrected chi connectivity index (χ0v) is 13.6. The average Bonchev–Trinajstić information content (AvgIpc) is 3.39. The summed E-state index contributed by atoms with van der Waals surface area (Å²) in [5, 5.41) is 12.8. The number of nitrogens with one attached hydrogen (secondary N) is 1. The van der Waals surface area contributed by atoms with Gasteiger partial charge in [-0.1, -0.05) is 0 Å². The number of carbonyl (C=O) groups excluding carboxylic acids is 1. The zero-order chi connectivity index (χ0) is 16.4. The van der Waals surface area contributed by atoms with E-state index in [1.54, 1.807) is 32.4 Å². The molecule has 1 heterocycles. The molecule has 6 nitrogen and oxygen atoms in total. The third kappa shape index (κ3) is 3.52. The van der Waals surface area contributed by atoms with Crippen LogP contribution in [0, 0.1) is 5.92 Å². The van der Waals surface area contributed by atoms with Crippen molar-refractivity contribution < 1.29 is 19.4 Å². The largest absolute Gasteiger partial charge is 0.497 e. The molecule has 1 aliphatic heterocycles. The van der Waals surface area contributed by atoms with Crippen molar-refractivity contribution in [2.45, 2.75) is 37.8 Å². The first kappa shape index (κ1) is 15.9. The summed E-state index contributed by atoms with van der Waals surface area (Å²) in [6, 6.07) is 5.32. The van der Waals surface area contributed by atoms with E-state index in [1.807, 2.05) is 4.90 Å². The molecular formula is C17H24N2O4. The number of aliphatic hydroxyl groups is 1. The third-order valence-corrected chi connectivity index (χ3v) is 4.69. The Morgan fingerprint density at radius 3 is 2.70 bits per heavy atom. The van der Waals surface area contributed by atoms with Crippen molar-refractivity contribution in [1.82, 2.24) is 4.90 Å². The molecule has 1 saturated carbocycles. The number of methoxy groups -OCH3 is 2. The van der Waals surface area contributed by atoms with Gasteiger partial charge >= 0.3 is 6.03 Å². The van der Waals surface area contributed by atoms with Gasteiger partial charge in [0.15, 0.2) is 0 Å². The molecule has 1 aliphatic carbocycles. The van der Waals surface area contributed by atoms with Gasteiger partial charge in [-0.2, -0.15) is 0 Å². The maximum Gasteiger partial charge on any atom is 0.322 e. The van der Waals surface area contributed by atoms with Gasteiger partial charge < -0.3 is 24.8 Å². The van der Waals surface area contributed by atoms with Gasteiger partial charge in [-0.15, -0.1) is 0 Å². The molecule has 1 aromatic carbocycles. The lowest BCUT2D eigenvalue weighted by Crippen LogP contribution is -2.50. The minimum atomic E-state index is -0.292. The van der Waals surface area contributed by atoms with E-state index in [0.717, 1.165) is 12.8 Å². The maximum absolute atomic E-state index is 12.7. The average molecular weight is 320 g/mol. The summed E-state index contributed by atoms with van der Waals surface area (Å²) in [5.41, 5.74) is 0.624. The number of rotatable bonds is 4. The first-order valence-electron chi connectivity index (χ1n) is 8.10. The summed E-state index contributed by atoms with van der Waals surface area (Å²) in [6.45, 7) is 0.590. The monoisotopic (exact) mass is 320 g/mol. The van der Waals surface area contributed by atoms with Crippen LogP contribution < -0.4 is 14.8 Å². The molecule has 1 aromatic rings. The molecule has 126 valence electrons. The van der Waals surface area contributed by atoms with Gasteiger partial charge in [0.2, 0.25) is 0 Å². The van der Waals surface area contributed by atoms with E-state index in [1.165, 1.54) is 0 Å². The van der Waals surface area contributed by atoms with Crippen LogP contribution in [0.3, 0.4) is 0 Å². The number of amides is 2. The lowest BCUT2D eigenvalue weighted by Gasteiger charge is -2.38. The number of hydrogen-bond acceptors (Lipinski definition) is 4. The number of likely N-dealkylation sites (tertiary alicyclic amines) is 1. The van der Waals surface area contributed by atoms with Gasteiger partial charge in [-0.3, -0.25) is 0 Å². The minimum absolute atomic E-state index is 0.128. The van der Waals surface area contributed by atoms with Crippen molar-refractivity contribution in [2.24, 2.45) is 5.92 Å². The SMILES string of the molecule is COc1ccc(NC(=O)N2CC[C@H](O)C[C@@H]2C2CC2)c(OC)c1. The van der Waals surface area contributed by atoms with Gasteiger partial charge in [0.05, 0.1) is 26.0 Å². The predicted molar refractivity (Wildman–Crippen MR) is 87.0 cm³/mol. The van der Waals surface area contributed by atoms with Gasteiger partial charge in [-0.05, 0) is 43.7 Å². The van der Waals surface area contributed by atoms with E-state index in [-0.39, 0.29) is 18.2 Å². The summed E-state index contributed by atoms with van der Waals surface area (Å²) in [4.78, 5) is 14.6. The van der Waals surface area contributed by atoms with Crippen LogP contribution in [0.15, 0.2) is 18.2 Å². The Kier molecular flexibility index (Phi) is 4.61. The predicted octanol–water partition coefficient (Wildman–Crippen LogP) is 2.47. The Labute approximate surface area is 136 Å². The van der Waals surface area contributed by atoms with Crippen LogP contribution in [0.2, 0.25) is 0 Å². The Morgan fingerprint density at radius 2 is 2.04 bits per heavy atom. The molecule has 2 fully saturated rings. The Bertz CT molecular complexity index is 574. The highest BCUT2D eigenvalue weighted by molar-refractivity contribution is 5.91. The highest BCUT2D eigenvalue weighted by Crippen LogP contribution is 2.40. The summed E-state index contributed by atoms with van der Waals surface area (Å²) in [7, 11) is 3.15. The molecule has 0 aromatic heterocycles. The second-order valence-electron chi connectivity index (χ2n) is 6.27. The van der Waals surface area contributed by atoms with Gasteiger partial charge in [0.25, 0.3) is 0 Å². The first-order valence-corrected chi connectivity index (χ1v) is 8.10. The van der Waals surface area contributed by atoms with Gasteiger partial charge in [0.1, 0.15) is 11.5 Å². The highest BCUT2D eigenvalue weighted by atomic mass is 16.5. The number of carbonyl (C=O) groups is 1. The zero-order valence-electron chi connectivity index (χ0n) is 13.6. The molecule has 2 amide bonds. The van der Waals surface area contributed by atoms with Crippen molar-refractivity contribution in [3.8, 4) is 11.5 Å². The van der Waals surface area contributed by atoms with Crippen LogP contribution >= 0.6 is 0 Å². The van der Waals surface area contributed by atoms with Crippen molar-refractivity contribution in [3.05, 3.63) is 18.2 Å². The Balaban J connectivity index is 1.73. The lowest BCUT2D eigenvalue weighted by molar-refractivity contribution is 0.0550. The fourth-order valence-corrected chi connectivity index (χ4v) is 3.25. The first-order chi connectivity index (χ1) is 11.1. The Hall–Kier alpha value is -1.95. The fraction of sp³-hybridized carbons (Fsp3) is 0.588. The van der Waals surface area contributed by atoms with Crippen molar-refractivity contribution in [3.63, 3.8) is 0 Å². The Morgan fingerprint density at radius 1 is 1.26 bits per heavy atom. The van der Waals surface area contributed by atoms with Crippen LogP contribution in [0.25, 0.3) is 0 Å². The van der Waals surface area contributed by atoms with Gasteiger partial charge in [-0.25, -0.2) is 4.79 Å². The summed E-state index contributed by atoms with van der Waals surface area (Å²) in [6.07, 6.45) is 3.31. The van der Waals surface area contributed by atoms with Gasteiger partial charge in [0, 0.05) is 18.7 Å². The molecule has 0 unspecified atom stereocenters. The number of benzene rings is 1. The molecule has 23 heavy (non-hydrogen) atoms. The summed E-state index contributed by atoms with van der Waals surface area (Å²) < 4.78 is 10.5. The number of ether oxygens (including phenoxy) is 2. The molecule has 3 rings (SSSR count). The van der Waals surface area contributed by atoms with Crippen LogP contribution in [-0.2, 0) is 0 Å². The van der Waals surface area contributed by atoms with E-state index in [0.29, 0.717) is 42.5 Å². The van der Waals surface area contributed by atoms with Crippen LogP contribution in [0.1, 0.15) is 25.7 Å². The number of nitrogens with zero attached hydrogens (tertiary/aromatic N) is 1. The second kappa shape index (κ2) is 6.66. The smallest absolute Gasteiger partial charge is 0.322 e. The normalized spacial score (nSPS) is 24.2. The van der Waals surface area contributed by atoms with Crippen molar-refractivity contribution in [1.29, 1.82) is 0 Å². The second-order valence-corrected chi connectivity index (χ2v) is 6.27. The van der Waals surface area contributed by atoms with Crippen LogP contribution in [-0.4, -0.2) is 48.9 Å². The maximum atomic E-state index is 12.7. The topological polar surface area (TPSA) is 71.0 Å². The van der Waals surface area contributed by atoms with E-state index in [9.17, 15) is 9.90 Å². The van der Waals surface area contributed by atoms with E-state index in [4.69, 9.17) is 9.47 Å². The molecule has 1 saturated heterocycles. The molecule has 6 heteroatoms. The number of aliphatic hydroxyl groups excluding tert-OH is 1. The quantitative estimate of drug-likeness (QED) is 0.894. The molecule has 0 radical (unpaired) electrons. The van der Waals surface area contributed by atoms with Crippen molar-refractivity contribution >= 4 is 11.7 Å². The fourth-order valence-electron chi connectivity index (χ4n) is 3.25. The number of hydrogen-bond donors (Lipinski definition) is 2. The molecule has 2 N–H and O–H groups in total. The number of urea groups is 1. The van der Waals surface area contributed by atoms with E-state index in [2.05, 4.69) is 5.32 Å². The summed E-state index contributed by atoms with van der Waals surface area (Å²) >= 11 is 0. The minimum Gasteiger partial charge on any atom is -0.497 e. The molecule has 0 spiro atoms. The van der Waals surface area contributed by atoms with Crippen LogP contribution in [0.4, 0.5) is 10.5 Å². The third-order valence-electron chi connectivity index (χ3n) is 4.69. The number of piperidine rings is 1. The molecule has 2 aliphatic rings. The van der Waals surface area contributed by atoms with Crippen molar-refractivity contribution in [2.75, 3.05) is 26.1 Å². The van der Waals surface area contributed by atoms with E-state index < -0.39 is 0 Å². The number of anilines is 1. The standard InChI is InChI=1S/C17H24N2O4/c1-22-13-5-6-14(16(10-13)23-2)18-17(21)19-8-7-12(20)9-15(19)11-3-4-11/h5-6,10-12,15,20H,3-4,7-9H2,1-2H3,(H,18,21)/t12-,15+/m0/s1. The molecule has 0 bridgehead atoms. The molecule has 2 atom stereocenters. The van der Waals surface area contributed by atoms with E-state index >= 15 is 0 Å². The van der Waals surface area contributed by atoms with Crippen LogP contribution in [0.5, 0.6) is 11.5 Å².